The van der Waals surface area contributed by atoms with Crippen molar-refractivity contribution in [2.45, 2.75) is 32.1 Å². The third-order valence-corrected chi connectivity index (χ3v) is 2.10. The lowest BCUT2D eigenvalue weighted by Crippen LogP contribution is -2.10. The molecule has 1 rings (SSSR count). The Balaban J connectivity index is 1.92. The van der Waals surface area contributed by atoms with Crippen molar-refractivity contribution in [1.29, 1.82) is 0 Å². The number of nitrogens with one attached hydrogen (secondary N) is 1. The summed E-state index contributed by atoms with van der Waals surface area (Å²) in [6, 6.07) is 0. The Bertz CT molecular complexity index is 130. The maximum Gasteiger partial charge on any atom is 0.133 e. The molecule has 0 aliphatic heterocycles. The molecule has 1 aliphatic carbocycles. The molecule has 0 spiro atoms. The van der Waals surface area contributed by atoms with Crippen molar-refractivity contribution >= 4 is 5.78 Å². The molecule has 0 aromatic heterocycles. The van der Waals surface area contributed by atoms with Crippen LogP contribution in [0.1, 0.15) is 32.1 Å². The summed E-state index contributed by atoms with van der Waals surface area (Å²) >= 11 is 0. The van der Waals surface area contributed by atoms with Crippen LogP contribution >= 0.6 is 0 Å². The summed E-state index contributed by atoms with van der Waals surface area (Å²) in [5.74, 6) is 1.22. The van der Waals surface area contributed by atoms with E-state index in [-0.39, 0.29) is 0 Å². The highest BCUT2D eigenvalue weighted by Gasteiger charge is 2.23. The van der Waals surface area contributed by atoms with Gasteiger partial charge in [0.2, 0.25) is 0 Å². The molecule has 1 saturated carbocycles. The quantitative estimate of drug-likeness (QED) is 0.587. The molecule has 0 radical (unpaired) electrons. The van der Waals surface area contributed by atoms with Gasteiger partial charge in [-0.3, -0.25) is 4.79 Å². The minimum atomic E-state index is 0.461. The zero-order valence-corrected chi connectivity index (χ0v) is 7.23. The van der Waals surface area contributed by atoms with Gasteiger partial charge in [0.15, 0.2) is 0 Å². The minimum absolute atomic E-state index is 0.461. The summed E-state index contributed by atoms with van der Waals surface area (Å²) in [6.07, 6.45) is 5.21. The van der Waals surface area contributed by atoms with Crippen molar-refractivity contribution in [1.82, 2.24) is 5.32 Å². The predicted molar refractivity (Wildman–Crippen MR) is 45.5 cm³/mol. The Hall–Kier alpha value is -0.370. The number of hydrogen-bond donors (Lipinski definition) is 1. The lowest BCUT2D eigenvalue weighted by molar-refractivity contribution is -0.119. The van der Waals surface area contributed by atoms with Gasteiger partial charge in [0.25, 0.3) is 0 Å². The first-order valence-corrected chi connectivity index (χ1v) is 4.49. The number of Topliss-reactive ketones (excluding diaryl/α,β-unsaturated/α-hetero) is 1. The molecule has 0 heterocycles. The van der Waals surface area contributed by atoms with E-state index in [4.69, 9.17) is 0 Å². The number of carbonyl (C=O) groups excluding carboxylic acids is 1. The molecule has 0 amide bonds. The lowest BCUT2D eigenvalue weighted by atomic mass is 10.1. The van der Waals surface area contributed by atoms with E-state index in [9.17, 15) is 4.79 Å². The van der Waals surface area contributed by atoms with Gasteiger partial charge in [0.1, 0.15) is 5.78 Å². The molecule has 0 unspecified atom stereocenters. The second-order valence-electron chi connectivity index (χ2n) is 3.39. The Morgan fingerprint density at radius 2 is 2.27 bits per heavy atom. The molecule has 2 nitrogen and oxygen atoms in total. The van der Waals surface area contributed by atoms with Crippen molar-refractivity contribution in [2.75, 3.05) is 13.6 Å². The van der Waals surface area contributed by atoms with Crippen molar-refractivity contribution < 1.29 is 4.79 Å². The van der Waals surface area contributed by atoms with Crippen LogP contribution in [0.5, 0.6) is 0 Å². The molecule has 0 bridgehead atoms. The molecule has 1 N–H and O–H groups in total. The first-order valence-electron chi connectivity index (χ1n) is 4.49. The van der Waals surface area contributed by atoms with Gasteiger partial charge in [0, 0.05) is 12.8 Å². The average molecular weight is 155 g/mol. The second kappa shape index (κ2) is 4.50. The molecule has 2 heteroatoms. The maximum absolute atomic E-state index is 11.1. The average Bonchev–Trinajstić information content (AvgIpc) is 2.72. The summed E-state index contributed by atoms with van der Waals surface area (Å²) < 4.78 is 0. The van der Waals surface area contributed by atoms with Crippen LogP contribution in [0.2, 0.25) is 0 Å². The smallest absolute Gasteiger partial charge is 0.133 e. The molecular weight excluding hydrogens is 138 g/mol. The van der Waals surface area contributed by atoms with Gasteiger partial charge in [-0.25, -0.2) is 0 Å². The molecule has 0 atom stereocenters. The van der Waals surface area contributed by atoms with Crippen molar-refractivity contribution in [2.24, 2.45) is 5.92 Å². The predicted octanol–water partition coefficient (Wildman–Crippen LogP) is 1.36. The first-order chi connectivity index (χ1) is 5.33. The van der Waals surface area contributed by atoms with Crippen LogP contribution in [-0.4, -0.2) is 19.4 Å². The Labute approximate surface area is 68.4 Å². The minimum Gasteiger partial charge on any atom is -0.320 e. The molecular formula is C9H17NO. The fourth-order valence-corrected chi connectivity index (χ4v) is 1.21. The zero-order valence-electron chi connectivity index (χ0n) is 7.23. The van der Waals surface area contributed by atoms with Crippen LogP contribution < -0.4 is 5.32 Å². The highest BCUT2D eigenvalue weighted by molar-refractivity contribution is 5.78. The van der Waals surface area contributed by atoms with Gasteiger partial charge in [-0.15, -0.1) is 0 Å². The normalized spacial score (nSPS) is 16.8. The summed E-state index contributed by atoms with van der Waals surface area (Å²) in [5.41, 5.74) is 0. The van der Waals surface area contributed by atoms with Crippen LogP contribution in [0.4, 0.5) is 0 Å². The zero-order chi connectivity index (χ0) is 8.10. The van der Waals surface area contributed by atoms with Crippen LogP contribution in [0, 0.1) is 5.92 Å². The topological polar surface area (TPSA) is 29.1 Å². The number of carbonyl (C=O) groups is 1. The van der Waals surface area contributed by atoms with Crippen LogP contribution in [0.3, 0.4) is 0 Å². The fourth-order valence-electron chi connectivity index (χ4n) is 1.21. The Morgan fingerprint density at radius 1 is 1.55 bits per heavy atom. The summed E-state index contributed by atoms with van der Waals surface area (Å²) in [7, 11) is 1.92. The molecule has 0 aromatic carbocycles. The van der Waals surface area contributed by atoms with Crippen LogP contribution in [-0.2, 0) is 4.79 Å². The molecule has 0 saturated heterocycles. The van der Waals surface area contributed by atoms with Gasteiger partial charge in [-0.2, -0.15) is 0 Å². The molecule has 64 valence electrons. The highest BCUT2D eigenvalue weighted by Crippen LogP contribution is 2.32. The van der Waals surface area contributed by atoms with Crippen molar-refractivity contribution in [3.63, 3.8) is 0 Å². The highest BCUT2D eigenvalue weighted by atomic mass is 16.1. The Morgan fingerprint density at radius 3 is 2.82 bits per heavy atom. The van der Waals surface area contributed by atoms with Gasteiger partial charge in [-0.1, -0.05) is 0 Å². The lowest BCUT2D eigenvalue weighted by Gasteiger charge is -1.98. The molecule has 1 aliphatic rings. The molecule has 0 aromatic rings. The van der Waals surface area contributed by atoms with Gasteiger partial charge < -0.3 is 5.32 Å². The summed E-state index contributed by atoms with van der Waals surface area (Å²) in [6.45, 7) is 0.969. The molecule has 11 heavy (non-hydrogen) atoms. The van der Waals surface area contributed by atoms with E-state index < -0.39 is 0 Å². The largest absolute Gasteiger partial charge is 0.320 e. The summed E-state index contributed by atoms with van der Waals surface area (Å²) in [4.78, 5) is 11.1. The maximum atomic E-state index is 11.1. The van der Waals surface area contributed by atoms with E-state index in [0.29, 0.717) is 5.78 Å². The first kappa shape index (κ1) is 8.72. The molecule has 1 fully saturated rings. The van der Waals surface area contributed by atoms with Gasteiger partial charge >= 0.3 is 0 Å². The number of hydrogen-bond acceptors (Lipinski definition) is 2. The fraction of sp³-hybridized carbons (Fsp3) is 0.889. The van der Waals surface area contributed by atoms with E-state index in [0.717, 1.165) is 31.7 Å². The van der Waals surface area contributed by atoms with E-state index in [2.05, 4.69) is 5.32 Å². The number of rotatable bonds is 6. The van der Waals surface area contributed by atoms with Crippen molar-refractivity contribution in [3.8, 4) is 0 Å². The van der Waals surface area contributed by atoms with Gasteiger partial charge in [-0.05, 0) is 38.8 Å². The standard InChI is InChI=1S/C9H17NO/c1-10-6-2-3-9(11)7-8-4-5-8/h8,10H,2-7H2,1H3. The summed E-state index contributed by atoms with van der Waals surface area (Å²) in [5, 5.41) is 3.04. The van der Waals surface area contributed by atoms with Crippen molar-refractivity contribution in [3.05, 3.63) is 0 Å². The SMILES string of the molecule is CNCCCC(=O)CC1CC1. The van der Waals surface area contributed by atoms with E-state index in [1.54, 1.807) is 0 Å². The third kappa shape index (κ3) is 4.14. The second-order valence-corrected chi connectivity index (χ2v) is 3.39. The van der Waals surface area contributed by atoms with Crippen LogP contribution in [0.25, 0.3) is 0 Å². The van der Waals surface area contributed by atoms with Crippen LogP contribution in [0.15, 0.2) is 0 Å². The van der Waals surface area contributed by atoms with Gasteiger partial charge in [0.05, 0.1) is 0 Å². The number of ketones is 1. The monoisotopic (exact) mass is 155 g/mol. The van der Waals surface area contributed by atoms with E-state index in [1.165, 1.54) is 12.8 Å². The van der Waals surface area contributed by atoms with E-state index in [1.807, 2.05) is 7.05 Å². The van der Waals surface area contributed by atoms with E-state index >= 15 is 0 Å². The third-order valence-electron chi connectivity index (χ3n) is 2.10. The Kier molecular flexibility index (Phi) is 3.57.